The first kappa shape index (κ1) is 14.9. The van der Waals surface area contributed by atoms with Crippen LogP contribution >= 0.6 is 0 Å². The molecule has 2 aromatic rings. The average molecular weight is 308 g/mol. The fraction of sp³-hybridized carbons (Fsp3) is 0.167. The van der Waals surface area contributed by atoms with Crippen molar-refractivity contribution >= 4 is 22.1 Å². The number of hydrogen-bond donors (Lipinski definition) is 4. The van der Waals surface area contributed by atoms with E-state index in [-0.39, 0.29) is 11.1 Å². The summed E-state index contributed by atoms with van der Waals surface area (Å²) in [5.74, 6) is -7.44. The van der Waals surface area contributed by atoms with Crippen LogP contribution in [-0.2, 0) is 5.92 Å². The number of phenolic OH excluding ortho intramolecular Hbond substituents is 2. The molecule has 0 unspecified atom stereocenters. The van der Waals surface area contributed by atoms with Crippen LogP contribution in [0.5, 0.6) is 11.5 Å². The van der Waals surface area contributed by atoms with Gasteiger partial charge in [0.15, 0.2) is 0 Å². The maximum absolute atomic E-state index is 13.6. The zero-order valence-electron chi connectivity index (χ0n) is 10.2. The second-order valence-corrected chi connectivity index (χ2v) is 4.39. The fourth-order valence-electron chi connectivity index (χ4n) is 1.93. The molecule has 0 amide bonds. The Morgan fingerprint density at radius 3 is 1.90 bits per heavy atom. The van der Waals surface area contributed by atoms with Crippen LogP contribution in [-0.4, -0.2) is 16.4 Å². The van der Waals surface area contributed by atoms with Gasteiger partial charge in [-0.05, 0) is 29.0 Å². The van der Waals surface area contributed by atoms with Gasteiger partial charge in [0.25, 0.3) is 0 Å². The van der Waals surface area contributed by atoms with Gasteiger partial charge in [0.2, 0.25) is 0 Å². The van der Waals surface area contributed by atoms with Crippen LogP contribution in [0.15, 0.2) is 18.2 Å². The molecule has 0 aliphatic heterocycles. The number of nitrogen functional groups attached to an aromatic ring is 2. The number of anilines is 2. The van der Waals surface area contributed by atoms with E-state index in [0.717, 1.165) is 12.1 Å². The van der Waals surface area contributed by atoms with Crippen LogP contribution in [0.1, 0.15) is 5.56 Å². The lowest BCUT2D eigenvalue weighted by atomic mass is 9.96. The summed E-state index contributed by atoms with van der Waals surface area (Å²) < 4.78 is 64.9. The van der Waals surface area contributed by atoms with Crippen molar-refractivity contribution in [2.24, 2.45) is 0 Å². The highest BCUT2D eigenvalue weighted by Gasteiger charge is 2.60. The number of benzene rings is 2. The minimum atomic E-state index is -5.94. The largest absolute Gasteiger partial charge is 0.506 e. The monoisotopic (exact) mass is 308 g/mol. The summed E-state index contributed by atoms with van der Waals surface area (Å²) in [6, 6.07) is 2.59. The van der Waals surface area contributed by atoms with Gasteiger partial charge in [0.05, 0.1) is 16.9 Å². The lowest BCUT2D eigenvalue weighted by Gasteiger charge is -2.23. The number of rotatable bonds is 1. The maximum Gasteiger partial charge on any atom is 0.458 e. The molecule has 0 atom stereocenters. The number of fused-ring (bicyclic) bond motifs is 1. The maximum atomic E-state index is 13.6. The Morgan fingerprint density at radius 1 is 0.857 bits per heavy atom. The first-order valence-electron chi connectivity index (χ1n) is 5.45. The normalized spacial score (nSPS) is 12.8. The Hall–Kier alpha value is -2.45. The van der Waals surface area contributed by atoms with Gasteiger partial charge in [0.1, 0.15) is 11.5 Å². The van der Waals surface area contributed by atoms with Crippen molar-refractivity contribution in [3.63, 3.8) is 0 Å². The first-order valence-corrected chi connectivity index (χ1v) is 5.45. The van der Waals surface area contributed by atoms with Gasteiger partial charge in [-0.1, -0.05) is 0 Å². The first-order chi connectivity index (χ1) is 9.46. The average Bonchev–Trinajstić information content (AvgIpc) is 2.32. The second-order valence-electron chi connectivity index (χ2n) is 4.39. The third kappa shape index (κ3) is 2.14. The zero-order chi connectivity index (χ0) is 16.2. The summed E-state index contributed by atoms with van der Waals surface area (Å²) in [6.45, 7) is 0. The molecule has 0 aliphatic carbocycles. The lowest BCUT2D eigenvalue weighted by Crippen LogP contribution is -2.34. The fourth-order valence-corrected chi connectivity index (χ4v) is 1.93. The molecule has 9 heteroatoms. The van der Waals surface area contributed by atoms with E-state index in [0.29, 0.717) is 6.07 Å². The van der Waals surface area contributed by atoms with Crippen LogP contribution in [0.3, 0.4) is 0 Å². The van der Waals surface area contributed by atoms with Gasteiger partial charge in [-0.2, -0.15) is 22.0 Å². The predicted molar refractivity (Wildman–Crippen MR) is 66.1 cm³/mol. The Morgan fingerprint density at radius 2 is 1.38 bits per heavy atom. The van der Waals surface area contributed by atoms with Crippen molar-refractivity contribution in [1.29, 1.82) is 0 Å². The molecule has 0 aromatic heterocycles. The third-order valence-corrected chi connectivity index (χ3v) is 2.96. The van der Waals surface area contributed by atoms with Crippen molar-refractivity contribution in [3.05, 3.63) is 23.8 Å². The molecular formula is C12H9F5N2O2. The highest BCUT2D eigenvalue weighted by atomic mass is 19.4. The molecule has 0 saturated heterocycles. The quantitative estimate of drug-likeness (QED) is 0.370. The summed E-state index contributed by atoms with van der Waals surface area (Å²) in [5, 5.41) is 18.1. The van der Waals surface area contributed by atoms with E-state index >= 15 is 0 Å². The molecule has 0 radical (unpaired) electrons. The van der Waals surface area contributed by atoms with Gasteiger partial charge >= 0.3 is 12.1 Å². The number of halogens is 5. The Kier molecular flexibility index (Phi) is 3.04. The molecule has 0 spiro atoms. The number of alkyl halides is 5. The molecule has 2 aromatic carbocycles. The van der Waals surface area contributed by atoms with E-state index in [2.05, 4.69) is 0 Å². The molecule has 21 heavy (non-hydrogen) atoms. The van der Waals surface area contributed by atoms with E-state index < -0.39 is 40.2 Å². The Balaban J connectivity index is 2.96. The van der Waals surface area contributed by atoms with E-state index in [1.807, 2.05) is 0 Å². The molecule has 0 aliphatic rings. The number of nitrogens with two attached hydrogens (primary N) is 2. The van der Waals surface area contributed by atoms with Crippen molar-refractivity contribution in [3.8, 4) is 11.5 Å². The molecule has 4 nitrogen and oxygen atoms in total. The molecule has 114 valence electrons. The van der Waals surface area contributed by atoms with Crippen molar-refractivity contribution in [2.45, 2.75) is 12.1 Å². The van der Waals surface area contributed by atoms with Crippen molar-refractivity contribution in [2.75, 3.05) is 11.5 Å². The van der Waals surface area contributed by atoms with E-state index in [4.69, 9.17) is 11.5 Å². The molecule has 0 bridgehead atoms. The number of hydrogen-bond acceptors (Lipinski definition) is 4. The number of phenols is 2. The summed E-state index contributed by atoms with van der Waals surface area (Å²) in [4.78, 5) is 0. The zero-order valence-corrected chi connectivity index (χ0v) is 10.2. The SMILES string of the molecule is Nc1cc2cc(N)c(O)c(C(F)(F)C(F)(F)F)c2cc1O. The predicted octanol–water partition coefficient (Wildman–Crippen LogP) is 3.07. The van der Waals surface area contributed by atoms with Gasteiger partial charge in [-0.3, -0.25) is 0 Å². The smallest absolute Gasteiger partial charge is 0.458 e. The van der Waals surface area contributed by atoms with E-state index in [1.165, 1.54) is 0 Å². The molecule has 0 saturated carbocycles. The van der Waals surface area contributed by atoms with Gasteiger partial charge in [0, 0.05) is 0 Å². The standard InChI is InChI=1S/C12H9F5N2O2/c13-11(14,12(15,16)17)9-5-3-8(20)6(18)1-4(5)2-7(19)10(9)21/h1-3,20-21H,18-19H2. The van der Waals surface area contributed by atoms with Gasteiger partial charge in [-0.25, -0.2) is 0 Å². The summed E-state index contributed by atoms with van der Waals surface area (Å²) in [7, 11) is 0. The molecule has 6 N–H and O–H groups in total. The highest BCUT2D eigenvalue weighted by molar-refractivity contribution is 5.96. The van der Waals surface area contributed by atoms with E-state index in [1.54, 1.807) is 0 Å². The minimum Gasteiger partial charge on any atom is -0.506 e. The van der Waals surface area contributed by atoms with Crippen LogP contribution in [0.4, 0.5) is 33.3 Å². The van der Waals surface area contributed by atoms with Crippen LogP contribution in [0.2, 0.25) is 0 Å². The number of aromatic hydroxyl groups is 2. The molecule has 2 rings (SSSR count). The lowest BCUT2D eigenvalue weighted by molar-refractivity contribution is -0.289. The molecular weight excluding hydrogens is 299 g/mol. The second kappa shape index (κ2) is 4.27. The molecule has 0 fully saturated rings. The van der Waals surface area contributed by atoms with E-state index in [9.17, 15) is 32.2 Å². The highest BCUT2D eigenvalue weighted by Crippen LogP contribution is 2.51. The summed E-state index contributed by atoms with van der Waals surface area (Å²) >= 11 is 0. The summed E-state index contributed by atoms with van der Waals surface area (Å²) in [5.41, 5.74) is 8.01. The van der Waals surface area contributed by atoms with Crippen LogP contribution in [0.25, 0.3) is 10.8 Å². The molecule has 0 heterocycles. The van der Waals surface area contributed by atoms with Crippen LogP contribution < -0.4 is 11.5 Å². The van der Waals surface area contributed by atoms with Crippen LogP contribution in [0, 0.1) is 0 Å². The topological polar surface area (TPSA) is 92.5 Å². The van der Waals surface area contributed by atoms with Crippen molar-refractivity contribution in [1.82, 2.24) is 0 Å². The summed E-state index contributed by atoms with van der Waals surface area (Å²) in [6.07, 6.45) is -5.94. The van der Waals surface area contributed by atoms with Gasteiger partial charge < -0.3 is 21.7 Å². The Bertz CT molecular complexity index is 723. The minimum absolute atomic E-state index is 0.167. The van der Waals surface area contributed by atoms with Crippen molar-refractivity contribution < 1.29 is 32.2 Å². The Labute approximate surface area is 114 Å². The third-order valence-electron chi connectivity index (χ3n) is 2.96. The van der Waals surface area contributed by atoms with Gasteiger partial charge in [-0.15, -0.1) is 0 Å².